The first kappa shape index (κ1) is 18.2. The van der Waals surface area contributed by atoms with Gasteiger partial charge in [0.25, 0.3) is 5.91 Å². The number of carbonyl (C=O) groups is 1. The van der Waals surface area contributed by atoms with Crippen LogP contribution in [0.2, 0.25) is 10.0 Å². The predicted octanol–water partition coefficient (Wildman–Crippen LogP) is 3.58. The zero-order valence-electron chi connectivity index (χ0n) is 13.1. The Bertz CT molecular complexity index is 677. The molecule has 0 radical (unpaired) electrons. The van der Waals surface area contributed by atoms with Crippen LogP contribution in [0.15, 0.2) is 42.5 Å². The van der Waals surface area contributed by atoms with Crippen LogP contribution >= 0.6 is 23.2 Å². The number of ether oxygens (including phenoxy) is 3. The van der Waals surface area contributed by atoms with E-state index in [-0.39, 0.29) is 12.5 Å². The minimum atomic E-state index is -0.264. The zero-order valence-corrected chi connectivity index (χ0v) is 14.6. The molecule has 0 fully saturated rings. The third-order valence-corrected chi connectivity index (χ3v) is 3.54. The summed E-state index contributed by atoms with van der Waals surface area (Å²) in [4.78, 5) is 11.7. The first-order valence-corrected chi connectivity index (χ1v) is 7.95. The molecular weight excluding hydrogens is 353 g/mol. The Hall–Kier alpha value is -2.11. The van der Waals surface area contributed by atoms with Crippen molar-refractivity contribution in [1.82, 2.24) is 5.32 Å². The van der Waals surface area contributed by atoms with Crippen molar-refractivity contribution in [3.63, 3.8) is 0 Å². The number of benzene rings is 2. The van der Waals surface area contributed by atoms with Gasteiger partial charge in [0.1, 0.15) is 23.9 Å². The molecule has 0 aliphatic rings. The first-order valence-electron chi connectivity index (χ1n) is 7.20. The number of rotatable bonds is 8. The number of methoxy groups -OCH3 is 1. The Labute approximate surface area is 150 Å². The molecule has 2 rings (SSSR count). The molecule has 1 amide bonds. The molecule has 0 aliphatic carbocycles. The molecule has 2 aromatic rings. The SMILES string of the molecule is COc1ccc(OCCNC(=O)COc2ccc(Cl)cc2Cl)cc1. The molecular formula is C17H17Cl2NO4. The number of hydrogen-bond acceptors (Lipinski definition) is 4. The molecule has 5 nitrogen and oxygen atoms in total. The van der Waals surface area contributed by atoms with Crippen molar-refractivity contribution in [2.45, 2.75) is 0 Å². The lowest BCUT2D eigenvalue weighted by atomic mass is 10.3. The molecule has 0 unspecified atom stereocenters. The predicted molar refractivity (Wildman–Crippen MR) is 93.5 cm³/mol. The van der Waals surface area contributed by atoms with E-state index < -0.39 is 0 Å². The maximum Gasteiger partial charge on any atom is 0.258 e. The molecule has 0 aromatic heterocycles. The Morgan fingerprint density at radius 3 is 2.42 bits per heavy atom. The minimum absolute atomic E-state index is 0.135. The summed E-state index contributed by atoms with van der Waals surface area (Å²) in [6.07, 6.45) is 0. The van der Waals surface area contributed by atoms with Crippen LogP contribution in [0.5, 0.6) is 17.2 Å². The second kappa shape index (κ2) is 9.25. The summed E-state index contributed by atoms with van der Waals surface area (Å²) in [7, 11) is 1.60. The molecule has 0 atom stereocenters. The number of carbonyl (C=O) groups excluding carboxylic acids is 1. The van der Waals surface area contributed by atoms with Crippen LogP contribution in [0.25, 0.3) is 0 Å². The Balaban J connectivity index is 1.65. The van der Waals surface area contributed by atoms with Gasteiger partial charge in [-0.3, -0.25) is 4.79 Å². The largest absolute Gasteiger partial charge is 0.497 e. The van der Waals surface area contributed by atoms with E-state index in [1.54, 1.807) is 49.6 Å². The van der Waals surface area contributed by atoms with E-state index in [4.69, 9.17) is 37.4 Å². The van der Waals surface area contributed by atoms with Crippen LogP contribution in [0, 0.1) is 0 Å². The number of halogens is 2. The second-order valence-electron chi connectivity index (χ2n) is 4.74. The number of hydrogen-bond donors (Lipinski definition) is 1. The fraction of sp³-hybridized carbons (Fsp3) is 0.235. The fourth-order valence-corrected chi connectivity index (χ4v) is 2.28. The van der Waals surface area contributed by atoms with Crippen molar-refractivity contribution >= 4 is 29.1 Å². The summed E-state index contributed by atoms with van der Waals surface area (Å²) in [6, 6.07) is 12.0. The van der Waals surface area contributed by atoms with Gasteiger partial charge in [-0.15, -0.1) is 0 Å². The van der Waals surface area contributed by atoms with Gasteiger partial charge in [-0.05, 0) is 42.5 Å². The quantitative estimate of drug-likeness (QED) is 0.722. The lowest BCUT2D eigenvalue weighted by Crippen LogP contribution is -2.32. The normalized spacial score (nSPS) is 10.1. The van der Waals surface area contributed by atoms with Crippen molar-refractivity contribution < 1.29 is 19.0 Å². The molecule has 0 saturated heterocycles. The van der Waals surface area contributed by atoms with Crippen LogP contribution in [0.1, 0.15) is 0 Å². The summed E-state index contributed by atoms with van der Waals surface area (Å²) < 4.78 is 15.9. The van der Waals surface area contributed by atoms with Gasteiger partial charge in [-0.2, -0.15) is 0 Å². The van der Waals surface area contributed by atoms with Gasteiger partial charge in [-0.1, -0.05) is 23.2 Å². The van der Waals surface area contributed by atoms with Gasteiger partial charge in [0.2, 0.25) is 0 Å². The fourth-order valence-electron chi connectivity index (χ4n) is 1.82. The van der Waals surface area contributed by atoms with Crippen molar-refractivity contribution in [1.29, 1.82) is 0 Å². The van der Waals surface area contributed by atoms with E-state index >= 15 is 0 Å². The first-order chi connectivity index (χ1) is 11.6. The minimum Gasteiger partial charge on any atom is -0.497 e. The molecule has 7 heteroatoms. The molecule has 0 aliphatic heterocycles. The van der Waals surface area contributed by atoms with Crippen molar-refractivity contribution in [2.24, 2.45) is 0 Å². The molecule has 0 saturated carbocycles. The van der Waals surface area contributed by atoms with Crippen molar-refractivity contribution in [3.05, 3.63) is 52.5 Å². The highest BCUT2D eigenvalue weighted by Gasteiger charge is 2.06. The van der Waals surface area contributed by atoms with Crippen LogP contribution < -0.4 is 19.5 Å². The molecule has 2 aromatic carbocycles. The molecule has 0 heterocycles. The summed E-state index contributed by atoms with van der Waals surface area (Å²) in [5, 5.41) is 3.56. The van der Waals surface area contributed by atoms with E-state index in [1.807, 2.05) is 0 Å². The van der Waals surface area contributed by atoms with E-state index in [0.29, 0.717) is 34.7 Å². The smallest absolute Gasteiger partial charge is 0.258 e. The lowest BCUT2D eigenvalue weighted by Gasteiger charge is -2.10. The van der Waals surface area contributed by atoms with Crippen LogP contribution in [0.4, 0.5) is 0 Å². The zero-order chi connectivity index (χ0) is 17.4. The lowest BCUT2D eigenvalue weighted by molar-refractivity contribution is -0.123. The highest BCUT2D eigenvalue weighted by atomic mass is 35.5. The maximum atomic E-state index is 11.7. The van der Waals surface area contributed by atoms with Crippen molar-refractivity contribution in [3.8, 4) is 17.2 Å². The average Bonchev–Trinajstić information content (AvgIpc) is 2.58. The van der Waals surface area contributed by atoms with Gasteiger partial charge in [0.05, 0.1) is 18.7 Å². The highest BCUT2D eigenvalue weighted by molar-refractivity contribution is 6.35. The summed E-state index contributed by atoms with van der Waals surface area (Å²) >= 11 is 11.8. The summed E-state index contributed by atoms with van der Waals surface area (Å²) in [5.41, 5.74) is 0. The van der Waals surface area contributed by atoms with Gasteiger partial charge >= 0.3 is 0 Å². The monoisotopic (exact) mass is 369 g/mol. The Morgan fingerprint density at radius 2 is 1.75 bits per heavy atom. The van der Waals surface area contributed by atoms with E-state index in [1.165, 1.54) is 0 Å². The standard InChI is InChI=1S/C17H17Cl2NO4/c1-22-13-3-5-14(6-4-13)23-9-8-20-17(21)11-24-16-7-2-12(18)10-15(16)19/h2-7,10H,8-9,11H2,1H3,(H,20,21). The summed E-state index contributed by atoms with van der Waals surface area (Å²) in [5.74, 6) is 1.60. The van der Waals surface area contributed by atoms with Crippen LogP contribution in [-0.4, -0.2) is 32.8 Å². The highest BCUT2D eigenvalue weighted by Crippen LogP contribution is 2.27. The van der Waals surface area contributed by atoms with Crippen LogP contribution in [-0.2, 0) is 4.79 Å². The van der Waals surface area contributed by atoms with Gasteiger partial charge in [0, 0.05) is 5.02 Å². The Morgan fingerprint density at radius 1 is 1.04 bits per heavy atom. The number of amides is 1. The van der Waals surface area contributed by atoms with Crippen LogP contribution in [0.3, 0.4) is 0 Å². The Kier molecular flexibility index (Phi) is 7.03. The summed E-state index contributed by atoms with van der Waals surface area (Å²) in [6.45, 7) is 0.576. The third-order valence-electron chi connectivity index (χ3n) is 3.01. The third kappa shape index (κ3) is 5.83. The van der Waals surface area contributed by atoms with Crippen molar-refractivity contribution in [2.75, 3.05) is 26.9 Å². The van der Waals surface area contributed by atoms with E-state index in [2.05, 4.69) is 5.32 Å². The molecule has 128 valence electrons. The van der Waals surface area contributed by atoms with Gasteiger partial charge in [0.15, 0.2) is 6.61 Å². The maximum absolute atomic E-state index is 11.7. The van der Waals surface area contributed by atoms with E-state index in [9.17, 15) is 4.79 Å². The van der Waals surface area contributed by atoms with Gasteiger partial charge in [-0.25, -0.2) is 0 Å². The second-order valence-corrected chi connectivity index (χ2v) is 5.58. The van der Waals surface area contributed by atoms with Gasteiger partial charge < -0.3 is 19.5 Å². The molecule has 0 bridgehead atoms. The number of nitrogens with one attached hydrogen (secondary N) is 1. The average molecular weight is 370 g/mol. The molecule has 1 N–H and O–H groups in total. The molecule has 0 spiro atoms. The van der Waals surface area contributed by atoms with E-state index in [0.717, 1.165) is 5.75 Å². The molecule has 24 heavy (non-hydrogen) atoms. The topological polar surface area (TPSA) is 56.8 Å².